The summed E-state index contributed by atoms with van der Waals surface area (Å²) in [7, 11) is 0. The van der Waals surface area contributed by atoms with E-state index >= 15 is 0 Å². The summed E-state index contributed by atoms with van der Waals surface area (Å²) in [5, 5.41) is 13.8. The molecule has 0 spiro atoms. The maximum atomic E-state index is 10.6. The first kappa shape index (κ1) is 8.00. The lowest BCUT2D eigenvalue weighted by molar-refractivity contribution is -0.138. The van der Waals surface area contributed by atoms with Crippen LogP contribution >= 0.6 is 0 Å². The Balaban J connectivity index is 2.28. The topological polar surface area (TPSA) is 78.4 Å². The molecule has 1 heterocycles. The van der Waals surface area contributed by atoms with Crippen LogP contribution < -0.4 is 10.6 Å². The van der Waals surface area contributed by atoms with Gasteiger partial charge in [0.15, 0.2) is 0 Å². The second-order valence-electron chi connectivity index (χ2n) is 2.48. The number of aliphatic carboxylic acids is 1. The molecule has 62 valence electrons. The molecule has 1 unspecified atom stereocenters. The Bertz CT molecular complexity index is 171. The Morgan fingerprint density at radius 2 is 2.45 bits per heavy atom. The highest BCUT2D eigenvalue weighted by molar-refractivity contribution is 5.79. The van der Waals surface area contributed by atoms with Crippen LogP contribution in [0.3, 0.4) is 0 Å². The average molecular weight is 158 g/mol. The molecule has 0 bridgehead atoms. The van der Waals surface area contributed by atoms with Gasteiger partial charge in [-0.05, 0) is 0 Å². The number of piperazine rings is 1. The third-order valence-electron chi connectivity index (χ3n) is 1.52. The fraction of sp³-hybridized carbons (Fsp3) is 0.667. The van der Waals surface area contributed by atoms with E-state index in [0.717, 1.165) is 0 Å². The third kappa shape index (κ3) is 2.55. The smallest absolute Gasteiger partial charge is 0.304 e. The van der Waals surface area contributed by atoms with Gasteiger partial charge in [-0.3, -0.25) is 9.59 Å². The van der Waals surface area contributed by atoms with E-state index in [9.17, 15) is 9.59 Å². The van der Waals surface area contributed by atoms with Gasteiger partial charge in [0, 0.05) is 12.6 Å². The minimum absolute atomic E-state index is 0.0558. The molecule has 5 heteroatoms. The van der Waals surface area contributed by atoms with E-state index in [4.69, 9.17) is 5.11 Å². The van der Waals surface area contributed by atoms with Crippen molar-refractivity contribution >= 4 is 11.9 Å². The van der Waals surface area contributed by atoms with Crippen molar-refractivity contribution in [2.75, 3.05) is 13.1 Å². The van der Waals surface area contributed by atoms with Gasteiger partial charge in [0.05, 0.1) is 13.0 Å². The summed E-state index contributed by atoms with van der Waals surface area (Å²) in [6.45, 7) is 0.628. The van der Waals surface area contributed by atoms with Crippen LogP contribution in [0.5, 0.6) is 0 Å². The van der Waals surface area contributed by atoms with Crippen LogP contribution in [0.1, 0.15) is 6.42 Å². The molecule has 11 heavy (non-hydrogen) atoms. The summed E-state index contributed by atoms with van der Waals surface area (Å²) in [6.07, 6.45) is 0.0558. The van der Waals surface area contributed by atoms with E-state index in [2.05, 4.69) is 10.6 Å². The summed E-state index contributed by atoms with van der Waals surface area (Å²) in [5.74, 6) is -0.926. The molecular weight excluding hydrogens is 148 g/mol. The summed E-state index contributed by atoms with van der Waals surface area (Å²) >= 11 is 0. The molecule has 1 fully saturated rings. The van der Waals surface area contributed by atoms with Gasteiger partial charge < -0.3 is 15.7 Å². The monoisotopic (exact) mass is 158 g/mol. The SMILES string of the molecule is O=C(O)CC1CNC(=O)CN1. The van der Waals surface area contributed by atoms with Gasteiger partial charge in [0.1, 0.15) is 0 Å². The molecule has 0 aliphatic carbocycles. The van der Waals surface area contributed by atoms with Crippen molar-refractivity contribution in [1.82, 2.24) is 10.6 Å². The summed E-state index contributed by atoms with van der Waals surface area (Å²) in [5.41, 5.74) is 0. The highest BCUT2D eigenvalue weighted by Crippen LogP contribution is 1.93. The van der Waals surface area contributed by atoms with Gasteiger partial charge in [-0.2, -0.15) is 0 Å². The van der Waals surface area contributed by atoms with Crippen molar-refractivity contribution in [3.05, 3.63) is 0 Å². The molecular formula is C6H10N2O3. The lowest BCUT2D eigenvalue weighted by Gasteiger charge is -2.22. The van der Waals surface area contributed by atoms with Crippen molar-refractivity contribution < 1.29 is 14.7 Å². The van der Waals surface area contributed by atoms with E-state index < -0.39 is 5.97 Å². The molecule has 1 atom stereocenters. The van der Waals surface area contributed by atoms with Crippen LogP contribution in [0.15, 0.2) is 0 Å². The summed E-state index contributed by atoms with van der Waals surface area (Å²) in [6, 6.07) is -0.120. The lowest BCUT2D eigenvalue weighted by atomic mass is 10.2. The number of hydrogen-bond donors (Lipinski definition) is 3. The number of nitrogens with one attached hydrogen (secondary N) is 2. The van der Waals surface area contributed by atoms with Crippen LogP contribution in [0.2, 0.25) is 0 Å². The zero-order valence-corrected chi connectivity index (χ0v) is 5.96. The maximum absolute atomic E-state index is 10.6. The molecule has 1 aliphatic rings. The van der Waals surface area contributed by atoms with Gasteiger partial charge in [0.2, 0.25) is 5.91 Å². The van der Waals surface area contributed by atoms with E-state index in [1.807, 2.05) is 0 Å². The molecule has 0 saturated carbocycles. The standard InChI is InChI=1S/C6H10N2O3/c9-5-3-7-4(2-8-5)1-6(10)11/h4,7H,1-3H2,(H,8,9)(H,10,11). The van der Waals surface area contributed by atoms with E-state index in [0.29, 0.717) is 6.54 Å². The fourth-order valence-electron chi connectivity index (χ4n) is 0.964. The number of carbonyl (C=O) groups is 2. The highest BCUT2D eigenvalue weighted by atomic mass is 16.4. The van der Waals surface area contributed by atoms with E-state index in [1.165, 1.54) is 0 Å². The van der Waals surface area contributed by atoms with Gasteiger partial charge in [-0.15, -0.1) is 0 Å². The van der Waals surface area contributed by atoms with E-state index in [1.54, 1.807) is 0 Å². The molecule has 1 amide bonds. The van der Waals surface area contributed by atoms with Gasteiger partial charge in [-0.1, -0.05) is 0 Å². The molecule has 0 aromatic carbocycles. The molecule has 3 N–H and O–H groups in total. The van der Waals surface area contributed by atoms with Gasteiger partial charge in [-0.25, -0.2) is 0 Å². The van der Waals surface area contributed by atoms with Gasteiger partial charge in [0.25, 0.3) is 0 Å². The Morgan fingerprint density at radius 3 is 2.91 bits per heavy atom. The molecule has 0 radical (unpaired) electrons. The van der Waals surface area contributed by atoms with Crippen LogP contribution in [0, 0.1) is 0 Å². The molecule has 1 saturated heterocycles. The maximum Gasteiger partial charge on any atom is 0.304 e. The van der Waals surface area contributed by atoms with Crippen LogP contribution in [-0.2, 0) is 9.59 Å². The predicted octanol–water partition coefficient (Wildman–Crippen LogP) is -1.45. The number of carboxylic acid groups (broad SMARTS) is 1. The second-order valence-corrected chi connectivity index (χ2v) is 2.48. The van der Waals surface area contributed by atoms with E-state index in [-0.39, 0.29) is 24.9 Å². The fourth-order valence-corrected chi connectivity index (χ4v) is 0.964. The van der Waals surface area contributed by atoms with Crippen molar-refractivity contribution in [2.45, 2.75) is 12.5 Å². The quantitative estimate of drug-likeness (QED) is 0.459. The van der Waals surface area contributed by atoms with Crippen LogP contribution in [0.4, 0.5) is 0 Å². The Labute approximate surface area is 63.8 Å². The molecule has 1 rings (SSSR count). The molecule has 0 aromatic heterocycles. The third-order valence-corrected chi connectivity index (χ3v) is 1.52. The van der Waals surface area contributed by atoms with Crippen LogP contribution in [0.25, 0.3) is 0 Å². The largest absolute Gasteiger partial charge is 0.481 e. The van der Waals surface area contributed by atoms with Crippen molar-refractivity contribution in [1.29, 1.82) is 0 Å². The predicted molar refractivity (Wildman–Crippen MR) is 37.1 cm³/mol. The lowest BCUT2D eigenvalue weighted by Crippen LogP contribution is -2.52. The number of hydrogen-bond acceptors (Lipinski definition) is 3. The average Bonchev–Trinajstić information content (AvgIpc) is 1.93. The highest BCUT2D eigenvalue weighted by Gasteiger charge is 2.18. The van der Waals surface area contributed by atoms with Gasteiger partial charge >= 0.3 is 5.97 Å². The molecule has 1 aliphatic heterocycles. The zero-order valence-electron chi connectivity index (χ0n) is 5.96. The van der Waals surface area contributed by atoms with Crippen LogP contribution in [-0.4, -0.2) is 36.1 Å². The van der Waals surface area contributed by atoms with Crippen molar-refractivity contribution in [3.63, 3.8) is 0 Å². The molecule has 0 aromatic rings. The number of rotatable bonds is 2. The normalized spacial score (nSPS) is 24.4. The number of amides is 1. The Hall–Kier alpha value is -1.10. The molecule has 5 nitrogen and oxygen atoms in total. The summed E-state index contributed by atoms with van der Waals surface area (Å²) in [4.78, 5) is 20.8. The Morgan fingerprint density at radius 1 is 1.73 bits per heavy atom. The zero-order chi connectivity index (χ0) is 8.27. The van der Waals surface area contributed by atoms with Crippen molar-refractivity contribution in [2.24, 2.45) is 0 Å². The minimum Gasteiger partial charge on any atom is -0.481 e. The summed E-state index contributed by atoms with van der Waals surface area (Å²) < 4.78 is 0. The Kier molecular flexibility index (Phi) is 2.43. The van der Waals surface area contributed by atoms with Crippen molar-refractivity contribution in [3.8, 4) is 0 Å². The first-order chi connectivity index (χ1) is 5.18. The first-order valence-corrected chi connectivity index (χ1v) is 3.40. The minimum atomic E-state index is -0.848. The number of carbonyl (C=O) groups excluding carboxylic acids is 1. The second kappa shape index (κ2) is 3.34. The first-order valence-electron chi connectivity index (χ1n) is 3.40. The number of carboxylic acids is 1.